The molecule has 1 atom stereocenters. The summed E-state index contributed by atoms with van der Waals surface area (Å²) in [6.45, 7) is 0. The molecule has 0 radical (unpaired) electrons. The Bertz CT molecular complexity index is 1710. The third kappa shape index (κ3) is 5.24. The molecular formula is C28H21Cl2N5O3S. The predicted octanol–water partition coefficient (Wildman–Crippen LogP) is 5.50. The van der Waals surface area contributed by atoms with Gasteiger partial charge in [0.25, 0.3) is 0 Å². The number of hydrogen-bond acceptors (Lipinski definition) is 7. The Balaban J connectivity index is 1.79. The normalized spacial score (nSPS) is 17.9. The van der Waals surface area contributed by atoms with Gasteiger partial charge in [-0.1, -0.05) is 35.3 Å². The van der Waals surface area contributed by atoms with Crippen LogP contribution in [0.3, 0.4) is 0 Å². The number of benzene rings is 2. The number of primary sulfonamides is 1. The number of nitriles is 1. The van der Waals surface area contributed by atoms with Crippen molar-refractivity contribution in [2.75, 3.05) is 4.90 Å². The number of carbonyl (C=O) groups excluding carboxylic acids is 1. The van der Waals surface area contributed by atoms with Gasteiger partial charge >= 0.3 is 0 Å². The average molecular weight is 578 g/mol. The lowest BCUT2D eigenvalue weighted by molar-refractivity contribution is -0.116. The largest absolute Gasteiger partial charge is 0.298 e. The van der Waals surface area contributed by atoms with E-state index in [1.54, 1.807) is 59.9 Å². The Morgan fingerprint density at radius 3 is 2.54 bits per heavy atom. The number of nitrogens with two attached hydrogens (primary N) is 1. The minimum Gasteiger partial charge on any atom is -0.298 e. The third-order valence-electron chi connectivity index (χ3n) is 6.57. The number of aromatic nitrogens is 1. The molecule has 0 saturated carbocycles. The van der Waals surface area contributed by atoms with Gasteiger partial charge in [0.1, 0.15) is 0 Å². The summed E-state index contributed by atoms with van der Waals surface area (Å²) in [6.07, 6.45) is 6.32. The van der Waals surface area contributed by atoms with Crippen LogP contribution >= 0.6 is 23.2 Å². The van der Waals surface area contributed by atoms with Crippen LogP contribution in [-0.2, 0) is 14.8 Å². The van der Waals surface area contributed by atoms with Crippen molar-refractivity contribution in [3.8, 4) is 6.07 Å². The number of ketones is 1. The Morgan fingerprint density at radius 1 is 1.13 bits per heavy atom. The summed E-state index contributed by atoms with van der Waals surface area (Å²) in [4.78, 5) is 24.0. The van der Waals surface area contributed by atoms with Gasteiger partial charge in [0, 0.05) is 57.6 Å². The Labute approximate surface area is 235 Å². The molecule has 0 saturated heterocycles. The molecule has 0 amide bonds. The molecule has 1 aliphatic heterocycles. The second-order valence-corrected chi connectivity index (χ2v) is 11.4. The van der Waals surface area contributed by atoms with Crippen LogP contribution in [0.25, 0.3) is 0 Å². The highest BCUT2D eigenvalue weighted by Gasteiger charge is 2.41. The van der Waals surface area contributed by atoms with Gasteiger partial charge in [0.15, 0.2) is 11.6 Å². The Morgan fingerprint density at radius 2 is 1.90 bits per heavy atom. The van der Waals surface area contributed by atoms with Gasteiger partial charge in [0.05, 0.1) is 22.5 Å². The minimum atomic E-state index is -3.92. The van der Waals surface area contributed by atoms with Gasteiger partial charge in [0.2, 0.25) is 10.0 Å². The number of aliphatic imine (C=N–C) groups is 1. The standard InChI is InChI=1S/C28H21Cl2N5O3S/c29-18-6-11-21(23(30)13-18)26-22(14-31)28(34-16-17-3-2-12-33-15-17)35(24-4-1-5-25(36)27(24)26)19-7-9-20(10-8-19)39(32,37)38/h2-3,6-13,15-16,26H,1,4-5H2,(H2,32,37,38)/b34-16+. The molecule has 0 fully saturated rings. The molecule has 2 heterocycles. The minimum absolute atomic E-state index is 0.0621. The molecule has 1 unspecified atom stereocenters. The van der Waals surface area contributed by atoms with Crippen LogP contribution < -0.4 is 10.0 Å². The number of pyridine rings is 1. The van der Waals surface area contributed by atoms with Crippen molar-refractivity contribution in [3.63, 3.8) is 0 Å². The van der Waals surface area contributed by atoms with E-state index in [2.05, 4.69) is 11.1 Å². The lowest BCUT2D eigenvalue weighted by Crippen LogP contribution is -2.35. The third-order valence-corrected chi connectivity index (χ3v) is 8.06. The van der Waals surface area contributed by atoms with Crippen LogP contribution in [-0.4, -0.2) is 25.4 Å². The zero-order valence-electron chi connectivity index (χ0n) is 20.4. The van der Waals surface area contributed by atoms with Gasteiger partial charge in [-0.2, -0.15) is 5.26 Å². The molecule has 0 bridgehead atoms. The number of hydrogen-bond donors (Lipinski definition) is 1. The lowest BCUT2D eigenvalue weighted by Gasteiger charge is -2.39. The second kappa shape index (κ2) is 10.8. The molecule has 3 aromatic rings. The maximum absolute atomic E-state index is 13.5. The van der Waals surface area contributed by atoms with Crippen molar-refractivity contribution < 1.29 is 13.2 Å². The molecular weight excluding hydrogens is 557 g/mol. The first-order valence-electron chi connectivity index (χ1n) is 11.9. The zero-order chi connectivity index (χ0) is 27.7. The van der Waals surface area contributed by atoms with Gasteiger partial charge in [-0.05, 0) is 60.9 Å². The van der Waals surface area contributed by atoms with Gasteiger partial charge in [-0.3, -0.25) is 14.7 Å². The van der Waals surface area contributed by atoms with Crippen molar-refractivity contribution >= 4 is 50.9 Å². The average Bonchev–Trinajstić information content (AvgIpc) is 2.91. The quantitative estimate of drug-likeness (QED) is 0.398. The van der Waals surface area contributed by atoms with E-state index in [-0.39, 0.29) is 22.1 Å². The van der Waals surface area contributed by atoms with E-state index in [1.807, 2.05) is 6.07 Å². The van der Waals surface area contributed by atoms with Gasteiger partial charge in [-0.15, -0.1) is 0 Å². The monoisotopic (exact) mass is 577 g/mol. The van der Waals surface area contributed by atoms with Gasteiger partial charge < -0.3 is 0 Å². The van der Waals surface area contributed by atoms with Gasteiger partial charge in [-0.25, -0.2) is 18.5 Å². The fourth-order valence-corrected chi connectivity index (χ4v) is 5.90. The first-order valence-corrected chi connectivity index (χ1v) is 14.2. The summed E-state index contributed by atoms with van der Waals surface area (Å²) >= 11 is 12.8. The highest BCUT2D eigenvalue weighted by Crippen LogP contribution is 2.49. The molecule has 1 aromatic heterocycles. The van der Waals surface area contributed by atoms with E-state index in [1.165, 1.54) is 12.1 Å². The van der Waals surface area contributed by atoms with E-state index in [0.717, 1.165) is 0 Å². The zero-order valence-corrected chi connectivity index (χ0v) is 22.7. The molecule has 5 rings (SSSR count). The number of nitrogens with zero attached hydrogens (tertiary/aromatic N) is 4. The molecule has 39 heavy (non-hydrogen) atoms. The van der Waals surface area contributed by atoms with E-state index >= 15 is 0 Å². The molecule has 196 valence electrons. The highest BCUT2D eigenvalue weighted by atomic mass is 35.5. The van der Waals surface area contributed by atoms with Crippen LogP contribution in [0.15, 0.2) is 99.5 Å². The van der Waals surface area contributed by atoms with E-state index in [0.29, 0.717) is 57.4 Å². The molecule has 8 nitrogen and oxygen atoms in total. The molecule has 1 aliphatic carbocycles. The van der Waals surface area contributed by atoms with Crippen LogP contribution in [0.2, 0.25) is 10.0 Å². The molecule has 2 aliphatic rings. The summed E-state index contributed by atoms with van der Waals surface area (Å²) in [6, 6.07) is 16.8. The predicted molar refractivity (Wildman–Crippen MR) is 150 cm³/mol. The molecule has 2 aromatic carbocycles. The first kappa shape index (κ1) is 26.8. The van der Waals surface area contributed by atoms with Crippen LogP contribution in [0.5, 0.6) is 0 Å². The Kier molecular flexibility index (Phi) is 7.38. The topological polar surface area (TPSA) is 130 Å². The van der Waals surface area contributed by atoms with Crippen molar-refractivity contribution in [1.29, 1.82) is 5.26 Å². The van der Waals surface area contributed by atoms with Crippen LogP contribution in [0.4, 0.5) is 5.69 Å². The molecule has 11 heteroatoms. The smallest absolute Gasteiger partial charge is 0.238 e. The van der Waals surface area contributed by atoms with Crippen LogP contribution in [0, 0.1) is 11.3 Å². The van der Waals surface area contributed by atoms with E-state index < -0.39 is 15.9 Å². The first-order chi connectivity index (χ1) is 18.7. The number of Topliss-reactive ketones (excluding diaryl/α,β-unsaturated/α-hetero) is 1. The van der Waals surface area contributed by atoms with Crippen molar-refractivity contribution in [1.82, 2.24) is 4.98 Å². The number of carbonyl (C=O) groups is 1. The van der Waals surface area contributed by atoms with Crippen molar-refractivity contribution in [3.05, 3.63) is 111 Å². The summed E-state index contributed by atoms with van der Waals surface area (Å²) in [5.74, 6) is -0.570. The Hall–Kier alpha value is -3.81. The van der Waals surface area contributed by atoms with E-state index in [9.17, 15) is 18.5 Å². The number of anilines is 1. The summed E-state index contributed by atoms with van der Waals surface area (Å²) in [5, 5.41) is 16.6. The maximum Gasteiger partial charge on any atom is 0.238 e. The summed E-state index contributed by atoms with van der Waals surface area (Å²) in [7, 11) is -3.92. The number of halogens is 2. The van der Waals surface area contributed by atoms with Crippen molar-refractivity contribution in [2.24, 2.45) is 10.1 Å². The number of allylic oxidation sites excluding steroid dienone is 3. The number of rotatable bonds is 5. The highest BCUT2D eigenvalue weighted by molar-refractivity contribution is 7.89. The number of sulfonamides is 1. The molecule has 2 N–H and O–H groups in total. The summed E-state index contributed by atoms with van der Waals surface area (Å²) in [5.41, 5.74) is 3.13. The fourth-order valence-electron chi connectivity index (χ4n) is 4.87. The maximum atomic E-state index is 13.5. The summed E-state index contributed by atoms with van der Waals surface area (Å²) < 4.78 is 23.8. The SMILES string of the molecule is N#CC1=C(/N=C/c2cccnc2)N(c2ccc(S(N)(=O)=O)cc2)C2=C(C(=O)CCC2)C1c1ccc(Cl)cc1Cl. The lowest BCUT2D eigenvalue weighted by atomic mass is 9.75. The molecule has 0 spiro atoms. The second-order valence-electron chi connectivity index (χ2n) is 9.00. The van der Waals surface area contributed by atoms with Crippen molar-refractivity contribution in [2.45, 2.75) is 30.1 Å². The fraction of sp³-hybridized carbons (Fsp3) is 0.143. The van der Waals surface area contributed by atoms with Crippen LogP contribution in [0.1, 0.15) is 36.3 Å². The van der Waals surface area contributed by atoms with E-state index in [4.69, 9.17) is 33.3 Å².